The predicted octanol–water partition coefficient (Wildman–Crippen LogP) is 4.60. The fourth-order valence-electron chi connectivity index (χ4n) is 3.26. The molecule has 0 spiro atoms. The summed E-state index contributed by atoms with van der Waals surface area (Å²) in [6, 6.07) is 5.43. The van der Waals surface area contributed by atoms with Crippen LogP contribution in [0.25, 0.3) is 0 Å². The van der Waals surface area contributed by atoms with Crippen molar-refractivity contribution in [3.05, 3.63) is 35.1 Å². The highest BCUT2D eigenvalue weighted by Crippen LogP contribution is 2.38. The lowest BCUT2D eigenvalue weighted by molar-refractivity contribution is 0.203. The summed E-state index contributed by atoms with van der Waals surface area (Å²) in [6.07, 6.45) is 4.90. The Morgan fingerprint density at radius 1 is 1.11 bits per heavy atom. The van der Waals surface area contributed by atoms with Gasteiger partial charge in [-0.3, -0.25) is 0 Å². The van der Waals surface area contributed by atoms with Gasteiger partial charge in [-0.1, -0.05) is 26.0 Å². The van der Waals surface area contributed by atoms with Crippen LogP contribution in [0, 0.1) is 30.5 Å². The van der Waals surface area contributed by atoms with E-state index in [9.17, 15) is 4.39 Å². The third-order valence-corrected chi connectivity index (χ3v) is 4.85. The van der Waals surface area contributed by atoms with Gasteiger partial charge in [0, 0.05) is 6.04 Å². The number of nitrogens with two attached hydrogens (primary N) is 1. The van der Waals surface area contributed by atoms with Crippen molar-refractivity contribution in [2.75, 3.05) is 0 Å². The molecule has 1 aromatic carbocycles. The van der Waals surface area contributed by atoms with Gasteiger partial charge in [0.05, 0.1) is 0 Å². The monoisotopic (exact) mass is 263 g/mol. The van der Waals surface area contributed by atoms with Crippen LogP contribution in [0.4, 0.5) is 4.39 Å². The number of hydrogen-bond acceptors (Lipinski definition) is 1. The van der Waals surface area contributed by atoms with Gasteiger partial charge in [-0.25, -0.2) is 4.39 Å². The molecular formula is C17H26FN. The molecule has 1 atom stereocenters. The van der Waals surface area contributed by atoms with Crippen LogP contribution >= 0.6 is 0 Å². The largest absolute Gasteiger partial charge is 0.324 e. The lowest BCUT2D eigenvalue weighted by Gasteiger charge is -2.34. The first kappa shape index (κ1) is 14.5. The van der Waals surface area contributed by atoms with Crippen molar-refractivity contribution in [2.45, 2.75) is 52.5 Å². The van der Waals surface area contributed by atoms with Crippen LogP contribution in [0.3, 0.4) is 0 Å². The molecule has 0 aliphatic heterocycles. The van der Waals surface area contributed by atoms with Gasteiger partial charge in [0.2, 0.25) is 0 Å². The zero-order valence-electron chi connectivity index (χ0n) is 12.3. The highest BCUT2D eigenvalue weighted by atomic mass is 19.1. The SMILES string of the molecule is Cc1ccc(C(N)C2CCC(C(C)C)CC2)cc1F. The Bertz CT molecular complexity index is 419. The molecule has 0 saturated heterocycles. The molecule has 1 aliphatic carbocycles. The van der Waals surface area contributed by atoms with Crippen molar-refractivity contribution in [1.82, 2.24) is 0 Å². The highest BCUT2D eigenvalue weighted by Gasteiger charge is 2.27. The van der Waals surface area contributed by atoms with Crippen molar-refractivity contribution in [1.29, 1.82) is 0 Å². The molecule has 0 radical (unpaired) electrons. The third kappa shape index (κ3) is 3.36. The molecule has 2 N–H and O–H groups in total. The Morgan fingerprint density at radius 3 is 2.21 bits per heavy atom. The van der Waals surface area contributed by atoms with Crippen molar-refractivity contribution >= 4 is 0 Å². The molecule has 106 valence electrons. The van der Waals surface area contributed by atoms with Crippen LogP contribution in [0.1, 0.15) is 56.7 Å². The Labute approximate surface area is 116 Å². The first-order valence-electron chi connectivity index (χ1n) is 7.50. The molecule has 19 heavy (non-hydrogen) atoms. The van der Waals surface area contributed by atoms with E-state index in [0.29, 0.717) is 11.5 Å². The Morgan fingerprint density at radius 2 is 1.68 bits per heavy atom. The Balaban J connectivity index is 2.01. The summed E-state index contributed by atoms with van der Waals surface area (Å²) in [5, 5.41) is 0. The van der Waals surface area contributed by atoms with Gasteiger partial charge >= 0.3 is 0 Å². The van der Waals surface area contributed by atoms with Crippen molar-refractivity contribution < 1.29 is 4.39 Å². The molecule has 0 amide bonds. The summed E-state index contributed by atoms with van der Waals surface area (Å²) in [5.41, 5.74) is 7.99. The molecule has 2 heteroatoms. The summed E-state index contributed by atoms with van der Waals surface area (Å²) in [6.45, 7) is 6.40. The molecule has 1 nitrogen and oxygen atoms in total. The van der Waals surface area contributed by atoms with E-state index in [1.54, 1.807) is 13.0 Å². The van der Waals surface area contributed by atoms with E-state index in [2.05, 4.69) is 13.8 Å². The molecular weight excluding hydrogens is 237 g/mol. The number of rotatable bonds is 3. The molecule has 1 aromatic rings. The summed E-state index contributed by atoms with van der Waals surface area (Å²) in [5.74, 6) is 1.99. The number of halogens is 1. The van der Waals surface area contributed by atoms with Gasteiger partial charge in [0.1, 0.15) is 5.82 Å². The van der Waals surface area contributed by atoms with E-state index in [-0.39, 0.29) is 11.9 Å². The van der Waals surface area contributed by atoms with E-state index in [1.165, 1.54) is 25.7 Å². The standard InChI is InChI=1S/C17H26FN/c1-11(2)13-6-8-14(9-7-13)17(19)15-5-4-12(3)16(18)10-15/h4-5,10-11,13-14,17H,6-9,19H2,1-3H3. The van der Waals surface area contributed by atoms with Crippen LogP contribution in [0.5, 0.6) is 0 Å². The van der Waals surface area contributed by atoms with E-state index in [1.807, 2.05) is 12.1 Å². The van der Waals surface area contributed by atoms with Crippen LogP contribution in [-0.2, 0) is 0 Å². The average molecular weight is 263 g/mol. The summed E-state index contributed by atoms with van der Waals surface area (Å²) >= 11 is 0. The van der Waals surface area contributed by atoms with Crippen molar-refractivity contribution in [3.8, 4) is 0 Å². The molecule has 1 aliphatic rings. The van der Waals surface area contributed by atoms with E-state index >= 15 is 0 Å². The average Bonchev–Trinajstić information content (AvgIpc) is 2.41. The van der Waals surface area contributed by atoms with E-state index in [0.717, 1.165) is 17.4 Å². The molecule has 1 unspecified atom stereocenters. The lowest BCUT2D eigenvalue weighted by Crippen LogP contribution is -2.27. The minimum absolute atomic E-state index is 0.0109. The minimum atomic E-state index is -0.135. The van der Waals surface area contributed by atoms with Gasteiger partial charge in [-0.05, 0) is 67.6 Å². The maximum Gasteiger partial charge on any atom is 0.126 e. The molecule has 0 bridgehead atoms. The molecule has 0 heterocycles. The first-order chi connectivity index (χ1) is 8.99. The Kier molecular flexibility index (Phi) is 4.62. The molecule has 1 saturated carbocycles. The molecule has 0 aromatic heterocycles. The fourth-order valence-corrected chi connectivity index (χ4v) is 3.26. The maximum absolute atomic E-state index is 13.6. The quantitative estimate of drug-likeness (QED) is 0.847. The van der Waals surface area contributed by atoms with E-state index < -0.39 is 0 Å². The summed E-state index contributed by atoms with van der Waals surface area (Å²) in [7, 11) is 0. The van der Waals surface area contributed by atoms with Crippen molar-refractivity contribution in [3.63, 3.8) is 0 Å². The topological polar surface area (TPSA) is 26.0 Å². The normalized spacial score (nSPS) is 25.6. The molecule has 1 fully saturated rings. The summed E-state index contributed by atoms with van der Waals surface area (Å²) < 4.78 is 13.6. The third-order valence-electron chi connectivity index (χ3n) is 4.85. The van der Waals surface area contributed by atoms with Crippen LogP contribution in [0.15, 0.2) is 18.2 Å². The lowest BCUT2D eigenvalue weighted by atomic mass is 9.73. The fraction of sp³-hybridized carbons (Fsp3) is 0.647. The van der Waals surface area contributed by atoms with Crippen molar-refractivity contribution in [2.24, 2.45) is 23.5 Å². The van der Waals surface area contributed by atoms with Gasteiger partial charge in [0.25, 0.3) is 0 Å². The van der Waals surface area contributed by atoms with Gasteiger partial charge in [0.15, 0.2) is 0 Å². The highest BCUT2D eigenvalue weighted by molar-refractivity contribution is 5.26. The van der Waals surface area contributed by atoms with Gasteiger partial charge < -0.3 is 5.73 Å². The van der Waals surface area contributed by atoms with Crippen LogP contribution in [0.2, 0.25) is 0 Å². The van der Waals surface area contributed by atoms with Crippen LogP contribution < -0.4 is 5.73 Å². The smallest absolute Gasteiger partial charge is 0.126 e. The number of benzene rings is 1. The second kappa shape index (κ2) is 6.04. The second-order valence-electron chi connectivity index (χ2n) is 6.45. The van der Waals surface area contributed by atoms with E-state index in [4.69, 9.17) is 5.73 Å². The summed E-state index contributed by atoms with van der Waals surface area (Å²) in [4.78, 5) is 0. The van der Waals surface area contributed by atoms with Gasteiger partial charge in [-0.2, -0.15) is 0 Å². The zero-order chi connectivity index (χ0) is 14.0. The minimum Gasteiger partial charge on any atom is -0.324 e. The predicted molar refractivity (Wildman–Crippen MR) is 78.4 cm³/mol. The van der Waals surface area contributed by atoms with Gasteiger partial charge in [-0.15, -0.1) is 0 Å². The number of hydrogen-bond donors (Lipinski definition) is 1. The zero-order valence-corrected chi connectivity index (χ0v) is 12.3. The second-order valence-corrected chi connectivity index (χ2v) is 6.45. The number of aryl methyl sites for hydroxylation is 1. The van der Waals surface area contributed by atoms with Crippen LogP contribution in [-0.4, -0.2) is 0 Å². The molecule has 2 rings (SSSR count). The maximum atomic E-state index is 13.6. The first-order valence-corrected chi connectivity index (χ1v) is 7.50. The Hall–Kier alpha value is -0.890.